The molecule has 0 aliphatic heterocycles. The van der Waals surface area contributed by atoms with Gasteiger partial charge in [0.2, 0.25) is 5.91 Å². The molecule has 7 heteroatoms. The van der Waals surface area contributed by atoms with E-state index in [2.05, 4.69) is 5.32 Å². The van der Waals surface area contributed by atoms with Crippen LogP contribution in [0.25, 0.3) is 0 Å². The van der Waals surface area contributed by atoms with Gasteiger partial charge in [-0.05, 0) is 33.3 Å². The highest BCUT2D eigenvalue weighted by Gasteiger charge is 2.21. The Morgan fingerprint density at radius 3 is 2.32 bits per heavy atom. The van der Waals surface area contributed by atoms with E-state index in [1.54, 1.807) is 27.7 Å². The number of ether oxygens (including phenoxy) is 2. The summed E-state index contributed by atoms with van der Waals surface area (Å²) >= 11 is 0. The molecule has 1 aromatic rings. The molecule has 0 saturated carbocycles. The van der Waals surface area contributed by atoms with E-state index in [-0.39, 0.29) is 26.2 Å². The summed E-state index contributed by atoms with van der Waals surface area (Å²) in [5.74, 6) is -0.896. The van der Waals surface area contributed by atoms with Crippen molar-refractivity contribution in [2.24, 2.45) is 0 Å². The van der Waals surface area contributed by atoms with E-state index in [4.69, 9.17) is 9.47 Å². The molecule has 25 heavy (non-hydrogen) atoms. The van der Waals surface area contributed by atoms with Crippen LogP contribution >= 0.6 is 0 Å². The fraction of sp³-hybridized carbons (Fsp3) is 0.500. The fourth-order valence-electron chi connectivity index (χ4n) is 1.97. The van der Waals surface area contributed by atoms with Gasteiger partial charge in [-0.3, -0.25) is 9.59 Å². The normalized spacial score (nSPS) is 10.7. The van der Waals surface area contributed by atoms with E-state index < -0.39 is 23.6 Å². The zero-order chi connectivity index (χ0) is 18.9. The van der Waals surface area contributed by atoms with Gasteiger partial charge < -0.3 is 19.7 Å². The molecule has 0 radical (unpaired) electrons. The Morgan fingerprint density at radius 1 is 1.12 bits per heavy atom. The van der Waals surface area contributed by atoms with Crippen LogP contribution in [0.2, 0.25) is 0 Å². The third-order valence-corrected chi connectivity index (χ3v) is 2.98. The lowest BCUT2D eigenvalue weighted by molar-refractivity contribution is -0.149. The van der Waals surface area contributed by atoms with Crippen LogP contribution in [0.5, 0.6) is 0 Å². The number of nitrogens with zero attached hydrogens (tertiary/aromatic N) is 1. The lowest BCUT2D eigenvalue weighted by atomic mass is 10.2. The molecular formula is C18H26N2O5. The summed E-state index contributed by atoms with van der Waals surface area (Å²) in [6, 6.07) is 9.27. The number of esters is 1. The number of nitrogens with one attached hydrogen (secondary N) is 1. The first-order valence-corrected chi connectivity index (χ1v) is 8.15. The average Bonchev–Trinajstić information content (AvgIpc) is 2.51. The van der Waals surface area contributed by atoms with Gasteiger partial charge in [-0.25, -0.2) is 4.79 Å². The SMILES string of the molecule is CCOC(=O)CN(Cc1ccccc1)C(=O)CNC(=O)OC(C)(C)C. The second kappa shape index (κ2) is 9.66. The van der Waals surface area contributed by atoms with E-state index in [0.717, 1.165) is 5.56 Å². The number of carbonyl (C=O) groups excluding carboxylic acids is 3. The molecule has 0 saturated heterocycles. The van der Waals surface area contributed by atoms with E-state index in [9.17, 15) is 14.4 Å². The summed E-state index contributed by atoms with van der Waals surface area (Å²) in [4.78, 5) is 37.2. The highest BCUT2D eigenvalue weighted by molar-refractivity contribution is 5.85. The van der Waals surface area contributed by atoms with Gasteiger partial charge >= 0.3 is 12.1 Å². The summed E-state index contributed by atoms with van der Waals surface area (Å²) < 4.78 is 10.0. The molecule has 1 N–H and O–H groups in total. The first-order valence-electron chi connectivity index (χ1n) is 8.15. The molecule has 0 bridgehead atoms. The molecular weight excluding hydrogens is 324 g/mol. The number of benzene rings is 1. The Balaban J connectivity index is 2.68. The van der Waals surface area contributed by atoms with Crippen LogP contribution in [0, 0.1) is 0 Å². The van der Waals surface area contributed by atoms with Crippen molar-refractivity contribution in [3.8, 4) is 0 Å². The van der Waals surface area contributed by atoms with Gasteiger partial charge in [0.05, 0.1) is 6.61 Å². The molecule has 7 nitrogen and oxygen atoms in total. The van der Waals surface area contributed by atoms with Crippen molar-refractivity contribution in [1.29, 1.82) is 0 Å². The summed E-state index contributed by atoms with van der Waals surface area (Å²) in [5, 5.41) is 2.41. The first kappa shape index (κ1) is 20.5. The van der Waals surface area contributed by atoms with Crippen molar-refractivity contribution in [2.45, 2.75) is 39.8 Å². The maximum Gasteiger partial charge on any atom is 0.408 e. The Bertz CT molecular complexity index is 581. The third-order valence-electron chi connectivity index (χ3n) is 2.98. The van der Waals surface area contributed by atoms with Gasteiger partial charge in [-0.15, -0.1) is 0 Å². The van der Waals surface area contributed by atoms with Crippen molar-refractivity contribution in [3.63, 3.8) is 0 Å². The zero-order valence-electron chi connectivity index (χ0n) is 15.2. The smallest absolute Gasteiger partial charge is 0.408 e. The average molecular weight is 350 g/mol. The minimum absolute atomic E-state index is 0.183. The Kier molecular flexibility index (Phi) is 7.91. The number of carbonyl (C=O) groups is 3. The van der Waals surface area contributed by atoms with Crippen LogP contribution in [0.1, 0.15) is 33.3 Å². The van der Waals surface area contributed by atoms with Crippen molar-refractivity contribution >= 4 is 18.0 Å². The lowest BCUT2D eigenvalue weighted by Gasteiger charge is -2.23. The summed E-state index contributed by atoms with van der Waals surface area (Å²) in [7, 11) is 0. The minimum atomic E-state index is -0.684. The first-order chi connectivity index (χ1) is 11.7. The van der Waals surface area contributed by atoms with Crippen LogP contribution in [-0.4, -0.2) is 48.2 Å². The van der Waals surface area contributed by atoms with Crippen molar-refractivity contribution in [3.05, 3.63) is 35.9 Å². The van der Waals surface area contributed by atoms with Crippen LogP contribution in [0.4, 0.5) is 4.79 Å². The van der Waals surface area contributed by atoms with Crippen LogP contribution in [-0.2, 0) is 25.6 Å². The van der Waals surface area contributed by atoms with Crippen LogP contribution in [0.3, 0.4) is 0 Å². The number of amides is 2. The minimum Gasteiger partial charge on any atom is -0.465 e. The fourth-order valence-corrected chi connectivity index (χ4v) is 1.97. The lowest BCUT2D eigenvalue weighted by Crippen LogP contribution is -2.43. The highest BCUT2D eigenvalue weighted by Crippen LogP contribution is 2.07. The predicted molar refractivity (Wildman–Crippen MR) is 92.7 cm³/mol. The quantitative estimate of drug-likeness (QED) is 0.761. The maximum absolute atomic E-state index is 12.4. The number of hydrogen-bond acceptors (Lipinski definition) is 5. The molecule has 0 atom stereocenters. The predicted octanol–water partition coefficient (Wildman–Crippen LogP) is 2.10. The topological polar surface area (TPSA) is 84.9 Å². The van der Waals surface area contributed by atoms with Gasteiger partial charge in [-0.1, -0.05) is 30.3 Å². The molecule has 138 valence electrons. The monoisotopic (exact) mass is 350 g/mol. The molecule has 0 spiro atoms. The molecule has 0 fully saturated rings. The van der Waals surface area contributed by atoms with Crippen molar-refractivity contribution in [2.75, 3.05) is 19.7 Å². The Morgan fingerprint density at radius 2 is 1.76 bits per heavy atom. The van der Waals surface area contributed by atoms with E-state index >= 15 is 0 Å². The summed E-state index contributed by atoms with van der Waals surface area (Å²) in [6.07, 6.45) is -0.684. The summed E-state index contributed by atoms with van der Waals surface area (Å²) in [6.45, 7) is 6.94. The molecule has 0 heterocycles. The van der Waals surface area contributed by atoms with Crippen molar-refractivity contribution in [1.82, 2.24) is 10.2 Å². The van der Waals surface area contributed by atoms with E-state index in [0.29, 0.717) is 0 Å². The number of alkyl carbamates (subject to hydrolysis) is 1. The third kappa shape index (κ3) is 8.74. The highest BCUT2D eigenvalue weighted by atomic mass is 16.6. The molecule has 1 rings (SSSR count). The van der Waals surface area contributed by atoms with Crippen molar-refractivity contribution < 1.29 is 23.9 Å². The molecule has 1 aromatic carbocycles. The molecule has 0 aliphatic carbocycles. The molecule has 0 aromatic heterocycles. The zero-order valence-corrected chi connectivity index (χ0v) is 15.2. The van der Waals surface area contributed by atoms with E-state index in [1.807, 2.05) is 30.3 Å². The van der Waals surface area contributed by atoms with Gasteiger partial charge in [-0.2, -0.15) is 0 Å². The number of hydrogen-bond donors (Lipinski definition) is 1. The summed E-state index contributed by atoms with van der Waals surface area (Å²) in [5.41, 5.74) is 0.222. The standard InChI is InChI=1S/C18H26N2O5/c1-5-24-16(22)13-20(12-14-9-7-6-8-10-14)15(21)11-19-17(23)25-18(2,3)4/h6-10H,5,11-13H2,1-4H3,(H,19,23). The van der Waals surface area contributed by atoms with Gasteiger partial charge in [0.15, 0.2) is 0 Å². The van der Waals surface area contributed by atoms with Crippen LogP contribution in [0.15, 0.2) is 30.3 Å². The second-order valence-corrected chi connectivity index (χ2v) is 6.40. The second-order valence-electron chi connectivity index (χ2n) is 6.40. The molecule has 0 unspecified atom stereocenters. The largest absolute Gasteiger partial charge is 0.465 e. The van der Waals surface area contributed by atoms with E-state index in [1.165, 1.54) is 4.90 Å². The number of rotatable bonds is 7. The van der Waals surface area contributed by atoms with Gasteiger partial charge in [0.25, 0.3) is 0 Å². The maximum atomic E-state index is 12.4. The van der Waals surface area contributed by atoms with Gasteiger partial charge in [0, 0.05) is 6.54 Å². The molecule has 2 amide bonds. The molecule has 0 aliphatic rings. The van der Waals surface area contributed by atoms with Gasteiger partial charge in [0.1, 0.15) is 18.7 Å². The Hall–Kier alpha value is -2.57. The Labute approximate surface area is 148 Å². The van der Waals surface area contributed by atoms with Crippen LogP contribution < -0.4 is 5.32 Å².